The Bertz CT molecular complexity index is 764. The third-order valence-corrected chi connectivity index (χ3v) is 4.83. The molecule has 0 saturated carbocycles. The number of rotatable bonds is 5. The highest BCUT2D eigenvalue weighted by Gasteiger charge is 2.15. The highest BCUT2D eigenvalue weighted by molar-refractivity contribution is 7.89. The number of thiazole rings is 1. The topological polar surface area (TPSA) is 117 Å². The first-order valence-electron chi connectivity index (χ1n) is 5.66. The van der Waals surface area contributed by atoms with Crippen LogP contribution in [0.5, 0.6) is 0 Å². The van der Waals surface area contributed by atoms with Crippen LogP contribution in [0.2, 0.25) is 0 Å². The zero-order chi connectivity index (χ0) is 14.8. The summed E-state index contributed by atoms with van der Waals surface area (Å²) in [6, 6.07) is 4.58. The second-order valence-corrected chi connectivity index (χ2v) is 6.68. The maximum atomic E-state index is 11.7. The van der Waals surface area contributed by atoms with Gasteiger partial charge in [0.15, 0.2) is 0 Å². The Morgan fingerprint density at radius 3 is 2.70 bits per heavy atom. The number of hydrogen-bond acceptors (Lipinski definition) is 6. The Kier molecular flexibility index (Phi) is 4.12. The molecule has 0 unspecified atom stereocenters. The fourth-order valence-corrected chi connectivity index (χ4v) is 3.03. The van der Waals surface area contributed by atoms with Gasteiger partial charge in [0, 0.05) is 16.8 Å². The number of nitrogens with two attached hydrogens (primary N) is 1. The number of hydrogen-bond donors (Lipinski definition) is 4. The number of H-pyrrole nitrogens is 1. The molecule has 0 spiro atoms. The van der Waals surface area contributed by atoms with Crippen molar-refractivity contribution in [2.75, 3.05) is 18.1 Å². The van der Waals surface area contributed by atoms with Crippen LogP contribution in [0.1, 0.15) is 5.69 Å². The van der Waals surface area contributed by atoms with Crippen LogP contribution < -0.4 is 20.6 Å². The standard InChI is InChI=1S/C11H14N4O3S2/c1-13-20(17,18)10-3-2-7(4-9(10)12)14-5-8-6-19-11(16)15-8/h2-4,6,13-14H,5,12H2,1H3,(H,15,16). The third kappa shape index (κ3) is 3.18. The first-order chi connectivity index (χ1) is 9.42. The minimum absolute atomic E-state index is 0.0366. The zero-order valence-corrected chi connectivity index (χ0v) is 12.3. The van der Waals surface area contributed by atoms with Gasteiger partial charge in [0.1, 0.15) is 4.90 Å². The van der Waals surface area contributed by atoms with Crippen LogP contribution in [0, 0.1) is 0 Å². The van der Waals surface area contributed by atoms with E-state index in [2.05, 4.69) is 15.0 Å². The molecular weight excluding hydrogens is 300 g/mol. The van der Waals surface area contributed by atoms with E-state index in [4.69, 9.17) is 5.73 Å². The minimum atomic E-state index is -3.56. The average molecular weight is 314 g/mol. The Hall–Kier alpha value is -1.84. The number of nitrogens with one attached hydrogen (secondary N) is 3. The van der Waals surface area contributed by atoms with Crippen LogP contribution in [-0.2, 0) is 16.6 Å². The Morgan fingerprint density at radius 1 is 1.40 bits per heavy atom. The van der Waals surface area contributed by atoms with Crippen molar-refractivity contribution in [1.82, 2.24) is 9.71 Å². The monoisotopic (exact) mass is 314 g/mol. The molecule has 9 heteroatoms. The van der Waals surface area contributed by atoms with Gasteiger partial charge in [-0.15, -0.1) is 0 Å². The van der Waals surface area contributed by atoms with Gasteiger partial charge in [0.05, 0.1) is 12.2 Å². The summed E-state index contributed by atoms with van der Waals surface area (Å²) in [6.07, 6.45) is 0. The van der Waals surface area contributed by atoms with Crippen LogP contribution in [-0.4, -0.2) is 20.4 Å². The van der Waals surface area contributed by atoms with E-state index >= 15 is 0 Å². The Morgan fingerprint density at radius 2 is 2.15 bits per heavy atom. The lowest BCUT2D eigenvalue weighted by molar-refractivity contribution is 0.588. The van der Waals surface area contributed by atoms with Crippen LogP contribution in [0.25, 0.3) is 0 Å². The molecule has 1 heterocycles. The summed E-state index contributed by atoms with van der Waals surface area (Å²) in [4.78, 5) is 13.6. The van der Waals surface area contributed by atoms with Crippen molar-refractivity contribution in [2.24, 2.45) is 0 Å². The number of aromatic amines is 1. The Labute approximate surface area is 119 Å². The van der Waals surface area contributed by atoms with Gasteiger partial charge >= 0.3 is 4.87 Å². The molecule has 0 amide bonds. The van der Waals surface area contributed by atoms with E-state index in [1.54, 1.807) is 11.4 Å². The molecule has 0 bridgehead atoms. The summed E-state index contributed by atoms with van der Waals surface area (Å²) in [7, 11) is -2.23. The van der Waals surface area contributed by atoms with Crippen molar-refractivity contribution in [1.29, 1.82) is 0 Å². The fourth-order valence-electron chi connectivity index (χ4n) is 1.61. The Balaban J connectivity index is 2.15. The van der Waals surface area contributed by atoms with Gasteiger partial charge in [0.2, 0.25) is 10.0 Å². The van der Waals surface area contributed by atoms with Crippen molar-refractivity contribution in [3.05, 3.63) is 38.9 Å². The molecular formula is C11H14N4O3S2. The molecule has 0 radical (unpaired) electrons. The number of anilines is 2. The molecule has 2 rings (SSSR count). The molecule has 108 valence electrons. The maximum Gasteiger partial charge on any atom is 0.304 e. The number of aromatic nitrogens is 1. The first-order valence-corrected chi connectivity index (χ1v) is 8.02. The number of nitrogen functional groups attached to an aromatic ring is 1. The predicted octanol–water partition coefficient (Wildman–Crippen LogP) is 0.539. The minimum Gasteiger partial charge on any atom is -0.398 e. The van der Waals surface area contributed by atoms with Gasteiger partial charge < -0.3 is 16.0 Å². The lowest BCUT2D eigenvalue weighted by Gasteiger charge is -2.10. The summed E-state index contributed by atoms with van der Waals surface area (Å²) >= 11 is 1.09. The van der Waals surface area contributed by atoms with Crippen molar-refractivity contribution in [2.45, 2.75) is 11.4 Å². The summed E-state index contributed by atoms with van der Waals surface area (Å²) in [6.45, 7) is 0.427. The van der Waals surface area contributed by atoms with E-state index in [0.717, 1.165) is 17.0 Å². The van der Waals surface area contributed by atoms with Crippen molar-refractivity contribution < 1.29 is 8.42 Å². The molecule has 1 aromatic heterocycles. The van der Waals surface area contributed by atoms with Crippen molar-refractivity contribution >= 4 is 32.7 Å². The molecule has 0 aliphatic heterocycles. The van der Waals surface area contributed by atoms with Crippen LogP contribution in [0.3, 0.4) is 0 Å². The van der Waals surface area contributed by atoms with Gasteiger partial charge in [-0.2, -0.15) is 0 Å². The largest absolute Gasteiger partial charge is 0.398 e. The van der Waals surface area contributed by atoms with E-state index < -0.39 is 10.0 Å². The molecule has 0 fully saturated rings. The summed E-state index contributed by atoms with van der Waals surface area (Å²) in [5, 5.41) is 4.77. The molecule has 20 heavy (non-hydrogen) atoms. The summed E-state index contributed by atoms with van der Waals surface area (Å²) < 4.78 is 25.5. The van der Waals surface area contributed by atoms with Gasteiger partial charge in [0.25, 0.3) is 0 Å². The molecule has 1 aromatic carbocycles. The maximum absolute atomic E-state index is 11.7. The van der Waals surface area contributed by atoms with Gasteiger partial charge in [-0.3, -0.25) is 4.79 Å². The van der Waals surface area contributed by atoms with Crippen LogP contribution >= 0.6 is 11.3 Å². The van der Waals surface area contributed by atoms with Crippen molar-refractivity contribution in [3.8, 4) is 0 Å². The SMILES string of the molecule is CNS(=O)(=O)c1ccc(NCc2csc(=O)[nH]2)cc1N. The summed E-state index contributed by atoms with van der Waals surface area (Å²) in [5.41, 5.74) is 7.32. The zero-order valence-electron chi connectivity index (χ0n) is 10.6. The van der Waals surface area contributed by atoms with E-state index in [1.165, 1.54) is 19.2 Å². The van der Waals surface area contributed by atoms with E-state index in [9.17, 15) is 13.2 Å². The predicted molar refractivity (Wildman–Crippen MR) is 79.4 cm³/mol. The molecule has 7 nitrogen and oxygen atoms in total. The molecule has 0 aliphatic carbocycles. The average Bonchev–Trinajstić information content (AvgIpc) is 2.82. The molecule has 0 saturated heterocycles. The highest BCUT2D eigenvalue weighted by Crippen LogP contribution is 2.22. The second kappa shape index (κ2) is 5.65. The molecule has 0 atom stereocenters. The second-order valence-electron chi connectivity index (χ2n) is 3.99. The smallest absolute Gasteiger partial charge is 0.304 e. The van der Waals surface area contributed by atoms with Gasteiger partial charge in [-0.05, 0) is 25.2 Å². The van der Waals surface area contributed by atoms with Crippen molar-refractivity contribution in [3.63, 3.8) is 0 Å². The third-order valence-electron chi connectivity index (χ3n) is 2.62. The number of benzene rings is 1. The van der Waals surface area contributed by atoms with Gasteiger partial charge in [-0.25, -0.2) is 13.1 Å². The fraction of sp³-hybridized carbons (Fsp3) is 0.182. The van der Waals surface area contributed by atoms with Gasteiger partial charge in [-0.1, -0.05) is 11.3 Å². The lowest BCUT2D eigenvalue weighted by atomic mass is 10.3. The number of sulfonamides is 1. The quantitative estimate of drug-likeness (QED) is 0.601. The lowest BCUT2D eigenvalue weighted by Crippen LogP contribution is -2.20. The van der Waals surface area contributed by atoms with E-state index in [1.807, 2.05) is 0 Å². The van der Waals surface area contributed by atoms with Crippen LogP contribution in [0.4, 0.5) is 11.4 Å². The summed E-state index contributed by atoms with van der Waals surface area (Å²) in [5.74, 6) is 0. The highest BCUT2D eigenvalue weighted by atomic mass is 32.2. The molecule has 2 aromatic rings. The van der Waals surface area contributed by atoms with E-state index in [-0.39, 0.29) is 15.5 Å². The first kappa shape index (κ1) is 14.6. The molecule has 0 aliphatic rings. The van der Waals surface area contributed by atoms with Crippen LogP contribution in [0.15, 0.2) is 33.3 Å². The molecule has 5 N–H and O–H groups in total. The van der Waals surface area contributed by atoms with E-state index in [0.29, 0.717) is 12.2 Å². The normalized spacial score (nSPS) is 11.4.